The normalized spacial score (nSPS) is 18.2. The molecule has 592 valence electrons. The summed E-state index contributed by atoms with van der Waals surface area (Å²) in [5.74, 6) is -0.205. The van der Waals surface area contributed by atoms with Gasteiger partial charge in [0, 0.05) is 218 Å². The average molecular weight is 1640 g/mol. The molecule has 3 aromatic heterocycles. The number of anilines is 6. The van der Waals surface area contributed by atoms with Crippen molar-refractivity contribution in [3.05, 3.63) is 177 Å². The highest BCUT2D eigenvalue weighted by molar-refractivity contribution is 8.06. The van der Waals surface area contributed by atoms with Crippen LogP contribution in [0.2, 0.25) is 0 Å². The maximum atomic E-state index is 12.6. The van der Waals surface area contributed by atoms with E-state index in [1.807, 2.05) is 25.6 Å². The molecular weight excluding hydrogens is 1540 g/mol. The molecular formula is C86H98N12O9S6. The highest BCUT2D eigenvalue weighted by Crippen LogP contribution is 2.55. The van der Waals surface area contributed by atoms with Gasteiger partial charge in [-0.1, -0.05) is 107 Å². The van der Waals surface area contributed by atoms with E-state index in [0.717, 1.165) is 178 Å². The number of rotatable bonds is 15. The number of morpholine rings is 3. The largest absolute Gasteiger partial charge is 0.389 e. The lowest BCUT2D eigenvalue weighted by atomic mass is 10.0. The van der Waals surface area contributed by atoms with Gasteiger partial charge in [-0.15, -0.1) is 0 Å². The molecule has 27 heteroatoms. The number of benzene rings is 6. The molecule has 6 aromatic carbocycles. The average Bonchev–Trinajstić information content (AvgIpc) is 0.777. The lowest BCUT2D eigenvalue weighted by Gasteiger charge is -2.36. The van der Waals surface area contributed by atoms with Crippen LogP contribution in [0.25, 0.3) is 33.8 Å². The van der Waals surface area contributed by atoms with Gasteiger partial charge < -0.3 is 85.1 Å². The molecule has 1 amide bonds. The third kappa shape index (κ3) is 19.5. The van der Waals surface area contributed by atoms with Crippen molar-refractivity contribution >= 4 is 111 Å². The smallest absolute Gasteiger partial charge is 0.253 e. The Morgan fingerprint density at radius 2 is 0.743 bits per heavy atom. The number of likely N-dealkylation sites (tertiary alicyclic amines) is 2. The van der Waals surface area contributed by atoms with Gasteiger partial charge in [0.05, 0.1) is 62.3 Å². The molecule has 0 bridgehead atoms. The Morgan fingerprint density at radius 1 is 0.407 bits per heavy atom. The first-order valence-electron chi connectivity index (χ1n) is 39.4. The number of hydrogen-bond acceptors (Lipinski definition) is 23. The first-order valence-corrected chi connectivity index (χ1v) is 44.3. The Balaban J connectivity index is 0.000000128. The van der Waals surface area contributed by atoms with Gasteiger partial charge in [0.25, 0.3) is 5.91 Å². The summed E-state index contributed by atoms with van der Waals surface area (Å²) in [6.45, 7) is 21.9. The lowest BCUT2D eigenvalue weighted by Crippen LogP contribution is -2.50. The zero-order valence-electron chi connectivity index (χ0n) is 64.2. The summed E-state index contributed by atoms with van der Waals surface area (Å²) in [6, 6.07) is 51.5. The van der Waals surface area contributed by atoms with E-state index in [-0.39, 0.29) is 28.6 Å². The number of aliphatic hydroxyl groups is 2. The van der Waals surface area contributed by atoms with Crippen molar-refractivity contribution in [2.75, 3.05) is 155 Å². The molecule has 18 rings (SSSR count). The summed E-state index contributed by atoms with van der Waals surface area (Å²) in [5.41, 5.74) is 9.75. The summed E-state index contributed by atoms with van der Waals surface area (Å²) in [4.78, 5) is 84.8. The molecule has 0 atom stereocenters. The maximum absolute atomic E-state index is 12.6. The first-order chi connectivity index (χ1) is 54.8. The van der Waals surface area contributed by atoms with E-state index >= 15 is 0 Å². The van der Waals surface area contributed by atoms with Crippen LogP contribution in [0.5, 0.6) is 0 Å². The Morgan fingerprint density at radius 3 is 1.08 bits per heavy atom. The second kappa shape index (κ2) is 35.4. The molecule has 0 unspecified atom stereocenters. The third-order valence-corrected chi connectivity index (χ3v) is 29.3. The van der Waals surface area contributed by atoms with E-state index in [4.69, 9.17) is 14.2 Å². The number of carbonyl (C=O) groups is 1. The molecule has 0 spiro atoms. The van der Waals surface area contributed by atoms with Crippen LogP contribution in [0.4, 0.5) is 34.1 Å². The van der Waals surface area contributed by atoms with Crippen molar-refractivity contribution in [1.82, 2.24) is 30.1 Å². The number of H-pyrrole nitrogens is 3. The van der Waals surface area contributed by atoms with E-state index in [9.17, 15) is 29.4 Å². The Hall–Kier alpha value is -7.74. The fourth-order valence-corrected chi connectivity index (χ4v) is 23.1. The summed E-state index contributed by atoms with van der Waals surface area (Å²) in [5, 5.41) is 34.7. The van der Waals surface area contributed by atoms with Crippen molar-refractivity contribution in [2.24, 2.45) is 0 Å². The highest BCUT2D eigenvalue weighted by atomic mass is 32.2. The number of hydrogen-bond donors (Lipinski definition) is 9. The number of nitrogens with zero attached hydrogens (tertiary/aromatic N) is 5. The van der Waals surface area contributed by atoms with Crippen LogP contribution in [-0.4, -0.2) is 195 Å². The molecule has 9 N–H and O–H groups in total. The number of β-amino-alcohol motifs (C(OH)–C–C–N with tert-alkyl or cyclic N) is 1. The van der Waals surface area contributed by atoms with Crippen LogP contribution >= 0.6 is 70.6 Å². The van der Waals surface area contributed by atoms with Crippen molar-refractivity contribution < 1.29 is 29.2 Å². The molecule has 12 heterocycles. The number of nitrogens with one attached hydrogen (secondary N) is 7. The minimum atomic E-state index is -1.33. The molecule has 113 heavy (non-hydrogen) atoms. The molecule has 0 saturated carbocycles. The zero-order chi connectivity index (χ0) is 77.7. The van der Waals surface area contributed by atoms with Crippen molar-refractivity contribution in [3.8, 4) is 33.8 Å². The van der Waals surface area contributed by atoms with Crippen LogP contribution in [0.15, 0.2) is 219 Å². The minimum Gasteiger partial charge on any atom is -0.389 e. The van der Waals surface area contributed by atoms with E-state index in [1.54, 1.807) is 95.8 Å². The van der Waals surface area contributed by atoms with Crippen LogP contribution in [-0.2, 0) is 19.0 Å². The third-order valence-electron chi connectivity index (χ3n) is 21.5. The lowest BCUT2D eigenvalue weighted by molar-refractivity contribution is -0.148. The van der Waals surface area contributed by atoms with Gasteiger partial charge in [0.1, 0.15) is 5.60 Å². The van der Waals surface area contributed by atoms with Crippen LogP contribution in [0.3, 0.4) is 0 Å². The fourth-order valence-electron chi connectivity index (χ4n) is 15.8. The molecule has 0 radical (unpaired) electrons. The predicted octanol–water partition coefficient (Wildman–Crippen LogP) is 14.5. The first kappa shape index (κ1) is 79.1. The zero-order valence-corrected chi connectivity index (χ0v) is 69.1. The Kier molecular flexibility index (Phi) is 24.8. The summed E-state index contributed by atoms with van der Waals surface area (Å²) in [6.07, 6.45) is 6.15. The van der Waals surface area contributed by atoms with Gasteiger partial charge in [-0.05, 0) is 170 Å². The molecule has 9 aliphatic rings. The minimum absolute atomic E-state index is 0.0703. The SMILES string of the molecule is CC(C)(O)C(=O)N1CCC(Nc2ccc3c(c2)Sc2cccc(-c4cc(N5CCOCC5)cc(=O)[nH]4)c2S3)CC1.CC(C)(O)CN1CCC(Nc2ccc3c(c2)Sc2cccc(-c4cc(N5CCOCC5)cc(=O)[nH]4)c2S3)CC1.O=c1cc(N2CCOCC2)cc(-c2cccc3c2Sc2ccc(NC4CCNCC4)cc2S3)[nH]1. The number of aromatic amines is 3. The summed E-state index contributed by atoms with van der Waals surface area (Å²) >= 11 is 10.7. The van der Waals surface area contributed by atoms with Crippen molar-refractivity contribution in [2.45, 2.75) is 154 Å². The topological polar surface area (TPSA) is 248 Å². The van der Waals surface area contributed by atoms with Gasteiger partial charge in [-0.25, -0.2) is 0 Å². The second-order valence-electron chi connectivity index (χ2n) is 31.1. The predicted molar refractivity (Wildman–Crippen MR) is 459 cm³/mol. The molecule has 21 nitrogen and oxygen atoms in total. The van der Waals surface area contributed by atoms with E-state index in [2.05, 4.69) is 183 Å². The monoisotopic (exact) mass is 1630 g/mol. The summed E-state index contributed by atoms with van der Waals surface area (Å²) in [7, 11) is 0. The maximum Gasteiger partial charge on any atom is 0.253 e. The fraction of sp³-hybridized carbons (Fsp3) is 0.395. The number of aromatic nitrogens is 3. The standard InChI is InChI=1S/C30H34N4O4S2.C30H36N4O3S2.C26H28N4O2S2/c1-30(2,37)29(36)34-10-8-19(9-11-34)31-20-6-7-24-26(16-20)39-25-5-3-4-22(28(25)40-24)23-17-21(18-27(35)32-23)33-12-14-38-15-13-33;1-30(2,36)19-33-10-8-20(9-11-33)31-21-6-7-25-27(16-21)38-26-5-3-4-23(29(26)39-25)24-17-22(18-28(35)32-24)34-12-14-37-15-13-34;31-25-16-19(30-10-12-32-13-11-30)15-21(29-25)20-2-1-3-23-26(20)34-22-5-4-18(14-24(22)33-23)28-17-6-8-27-9-7-17/h3-7,16-19,31,37H,8-15H2,1-2H3,(H,32,35);3-7,16-18,20,31,36H,8-15,19H2,1-2H3,(H,32,35);1-5,14-17,27-28H,6-13H2,(H,29,31). The number of fused-ring (bicyclic) bond motifs is 6. The van der Waals surface area contributed by atoms with Gasteiger partial charge >= 0.3 is 0 Å². The van der Waals surface area contributed by atoms with Crippen LogP contribution in [0.1, 0.15) is 66.2 Å². The summed E-state index contributed by atoms with van der Waals surface area (Å²) < 4.78 is 16.5. The van der Waals surface area contributed by atoms with E-state index in [0.29, 0.717) is 64.8 Å². The molecule has 9 aliphatic heterocycles. The Bertz CT molecular complexity index is 5110. The molecule has 6 saturated heterocycles. The van der Waals surface area contributed by atoms with Gasteiger partial charge in [-0.3, -0.25) is 19.2 Å². The highest BCUT2D eigenvalue weighted by Gasteiger charge is 2.34. The number of carbonyl (C=O) groups excluding carboxylic acids is 1. The molecule has 0 aliphatic carbocycles. The Labute approximate surface area is 685 Å². The van der Waals surface area contributed by atoms with Crippen LogP contribution < -0.4 is 52.6 Å². The number of pyridine rings is 3. The van der Waals surface area contributed by atoms with Crippen LogP contribution in [0, 0.1) is 0 Å². The van der Waals surface area contributed by atoms with Gasteiger partial charge in [0.15, 0.2) is 0 Å². The molecule has 6 fully saturated rings. The van der Waals surface area contributed by atoms with E-state index in [1.165, 1.54) is 59.5 Å². The second-order valence-corrected chi connectivity index (χ2v) is 37.5. The van der Waals surface area contributed by atoms with Crippen molar-refractivity contribution in [3.63, 3.8) is 0 Å². The van der Waals surface area contributed by atoms with Gasteiger partial charge in [0.2, 0.25) is 16.7 Å². The van der Waals surface area contributed by atoms with Crippen molar-refractivity contribution in [1.29, 1.82) is 0 Å². The quantitative estimate of drug-likeness (QED) is 0.0463. The number of piperidine rings is 3. The molecule has 9 aromatic rings. The van der Waals surface area contributed by atoms with E-state index < -0.39 is 11.2 Å². The number of amides is 1. The van der Waals surface area contributed by atoms with Gasteiger partial charge in [-0.2, -0.15) is 0 Å². The number of ether oxygens (including phenoxy) is 3.